The topological polar surface area (TPSA) is 68.0 Å². The first-order chi connectivity index (χ1) is 11.7. The highest BCUT2D eigenvalue weighted by Gasteiger charge is 2.16. The zero-order valence-electron chi connectivity index (χ0n) is 13.2. The Bertz CT molecular complexity index is 790. The molecule has 0 radical (unpaired) electrons. The molecule has 24 heavy (non-hydrogen) atoms. The number of carbonyl (C=O) groups excluding carboxylic acids is 1. The molecule has 5 nitrogen and oxygen atoms in total. The number of hydrogen-bond acceptors (Lipinski definition) is 5. The molecular weight excluding hydrogens is 322 g/mol. The molecule has 2 aromatic carbocycles. The molecule has 122 valence electrons. The molecule has 0 saturated carbocycles. The first kappa shape index (κ1) is 16.3. The molecule has 3 aromatic rings. The van der Waals surface area contributed by atoms with Crippen molar-refractivity contribution in [2.24, 2.45) is 0 Å². The van der Waals surface area contributed by atoms with Crippen LogP contribution in [0.15, 0.2) is 65.2 Å². The van der Waals surface area contributed by atoms with Gasteiger partial charge in [0, 0.05) is 11.3 Å². The van der Waals surface area contributed by atoms with E-state index in [1.54, 1.807) is 0 Å². The highest BCUT2D eigenvalue weighted by molar-refractivity contribution is 7.99. The van der Waals surface area contributed by atoms with Gasteiger partial charge in [0.05, 0.1) is 11.0 Å². The van der Waals surface area contributed by atoms with Crippen molar-refractivity contribution >= 4 is 23.4 Å². The molecule has 1 aromatic heterocycles. The molecular formula is C18H17N3O2S. The second kappa shape index (κ2) is 7.79. The Morgan fingerprint density at radius 3 is 2.50 bits per heavy atom. The van der Waals surface area contributed by atoms with E-state index < -0.39 is 0 Å². The van der Waals surface area contributed by atoms with E-state index >= 15 is 0 Å². The lowest BCUT2D eigenvalue weighted by molar-refractivity contribution is -0.115. The number of benzene rings is 2. The minimum atomic E-state index is -0.225. The van der Waals surface area contributed by atoms with Crippen LogP contribution in [0.3, 0.4) is 0 Å². The standard InChI is InChI=1S/C18H17N3O2S/c1-13(18(22)19-15-10-6-3-7-11-15)24-12-16-20-17(21-23-16)14-8-4-2-5-9-14/h2-11,13H,12H2,1H3,(H,19,22). The molecule has 1 heterocycles. The van der Waals surface area contributed by atoms with Crippen LogP contribution in [0.25, 0.3) is 11.4 Å². The smallest absolute Gasteiger partial charge is 0.237 e. The molecule has 1 atom stereocenters. The van der Waals surface area contributed by atoms with Crippen LogP contribution in [-0.2, 0) is 10.5 Å². The normalized spacial score (nSPS) is 11.9. The van der Waals surface area contributed by atoms with E-state index in [9.17, 15) is 4.79 Å². The fourth-order valence-corrected chi connectivity index (χ4v) is 2.78. The molecule has 1 N–H and O–H groups in total. The Hall–Kier alpha value is -2.60. The lowest BCUT2D eigenvalue weighted by Gasteiger charge is -2.10. The van der Waals surface area contributed by atoms with E-state index in [0.29, 0.717) is 17.5 Å². The monoisotopic (exact) mass is 339 g/mol. The maximum atomic E-state index is 12.2. The quantitative estimate of drug-likeness (QED) is 0.735. The average Bonchev–Trinajstić information content (AvgIpc) is 3.10. The highest BCUT2D eigenvalue weighted by atomic mass is 32.2. The largest absolute Gasteiger partial charge is 0.338 e. The molecule has 1 unspecified atom stereocenters. The molecule has 0 bridgehead atoms. The second-order valence-corrected chi connectivity index (χ2v) is 6.52. The fraction of sp³-hybridized carbons (Fsp3) is 0.167. The summed E-state index contributed by atoms with van der Waals surface area (Å²) in [5.74, 6) is 1.52. The molecule has 0 aliphatic carbocycles. The van der Waals surface area contributed by atoms with Gasteiger partial charge in [-0.1, -0.05) is 53.7 Å². The van der Waals surface area contributed by atoms with Crippen molar-refractivity contribution in [3.8, 4) is 11.4 Å². The third-order valence-corrected chi connectivity index (χ3v) is 4.50. The summed E-state index contributed by atoms with van der Waals surface area (Å²) in [6, 6.07) is 19.1. The van der Waals surface area contributed by atoms with Crippen molar-refractivity contribution < 1.29 is 9.32 Å². The molecule has 6 heteroatoms. The number of rotatable bonds is 6. The SMILES string of the molecule is CC(SCc1nc(-c2ccccc2)no1)C(=O)Nc1ccccc1. The number of nitrogens with one attached hydrogen (secondary N) is 1. The van der Waals surface area contributed by atoms with Gasteiger partial charge < -0.3 is 9.84 Å². The summed E-state index contributed by atoms with van der Waals surface area (Å²) in [6.45, 7) is 1.86. The zero-order chi connectivity index (χ0) is 16.8. The van der Waals surface area contributed by atoms with E-state index in [4.69, 9.17) is 4.52 Å². The fourth-order valence-electron chi connectivity index (χ4n) is 2.06. The van der Waals surface area contributed by atoms with Crippen LogP contribution in [0.5, 0.6) is 0 Å². The van der Waals surface area contributed by atoms with Crippen molar-refractivity contribution in [1.29, 1.82) is 0 Å². The van der Waals surface area contributed by atoms with E-state index in [1.165, 1.54) is 11.8 Å². The number of hydrogen-bond donors (Lipinski definition) is 1. The van der Waals surface area contributed by atoms with Gasteiger partial charge in [-0.15, -0.1) is 11.8 Å². The number of anilines is 1. The van der Waals surface area contributed by atoms with Crippen molar-refractivity contribution in [2.75, 3.05) is 5.32 Å². The molecule has 1 amide bonds. The number of amides is 1. The van der Waals surface area contributed by atoms with Gasteiger partial charge in [0.2, 0.25) is 17.6 Å². The minimum Gasteiger partial charge on any atom is -0.338 e. The average molecular weight is 339 g/mol. The van der Waals surface area contributed by atoms with Gasteiger partial charge >= 0.3 is 0 Å². The summed E-state index contributed by atoms with van der Waals surface area (Å²) < 4.78 is 5.25. The summed E-state index contributed by atoms with van der Waals surface area (Å²) in [6.07, 6.45) is 0. The van der Waals surface area contributed by atoms with Crippen LogP contribution < -0.4 is 5.32 Å². The van der Waals surface area contributed by atoms with Gasteiger partial charge in [-0.25, -0.2) is 0 Å². The van der Waals surface area contributed by atoms with Crippen LogP contribution in [0.4, 0.5) is 5.69 Å². The maximum absolute atomic E-state index is 12.2. The van der Waals surface area contributed by atoms with Gasteiger partial charge in [0.1, 0.15) is 0 Å². The predicted octanol–water partition coefficient (Wildman–Crippen LogP) is 4.00. The Kier molecular flexibility index (Phi) is 5.28. The molecule has 0 saturated heterocycles. The summed E-state index contributed by atoms with van der Waals surface area (Å²) in [4.78, 5) is 16.5. The Labute approximate surface area is 144 Å². The van der Waals surface area contributed by atoms with Crippen LogP contribution in [0.1, 0.15) is 12.8 Å². The van der Waals surface area contributed by atoms with Crippen molar-refractivity contribution in [2.45, 2.75) is 17.9 Å². The first-order valence-corrected chi connectivity index (χ1v) is 8.63. The van der Waals surface area contributed by atoms with Crippen LogP contribution >= 0.6 is 11.8 Å². The molecule has 0 aliphatic rings. The lowest BCUT2D eigenvalue weighted by atomic mass is 10.2. The Morgan fingerprint density at radius 1 is 1.12 bits per heavy atom. The van der Waals surface area contributed by atoms with Crippen LogP contribution in [-0.4, -0.2) is 21.3 Å². The van der Waals surface area contributed by atoms with Crippen LogP contribution in [0.2, 0.25) is 0 Å². The molecule has 3 rings (SSSR count). The molecule has 0 fully saturated rings. The number of aromatic nitrogens is 2. The minimum absolute atomic E-state index is 0.0472. The van der Waals surface area contributed by atoms with Gasteiger partial charge in [0.15, 0.2) is 0 Å². The first-order valence-electron chi connectivity index (χ1n) is 7.58. The van der Waals surface area contributed by atoms with Crippen molar-refractivity contribution in [3.63, 3.8) is 0 Å². The van der Waals surface area contributed by atoms with E-state index in [2.05, 4.69) is 15.5 Å². The summed E-state index contributed by atoms with van der Waals surface area (Å²) in [7, 11) is 0. The van der Waals surface area contributed by atoms with E-state index in [-0.39, 0.29) is 11.2 Å². The van der Waals surface area contributed by atoms with Gasteiger partial charge in [-0.2, -0.15) is 4.98 Å². The lowest BCUT2D eigenvalue weighted by Crippen LogP contribution is -2.22. The van der Waals surface area contributed by atoms with Crippen LogP contribution in [0, 0.1) is 0 Å². The summed E-state index contributed by atoms with van der Waals surface area (Å²) in [5.41, 5.74) is 1.70. The highest BCUT2D eigenvalue weighted by Crippen LogP contribution is 2.21. The number of carbonyl (C=O) groups is 1. The third-order valence-electron chi connectivity index (χ3n) is 3.37. The Balaban J connectivity index is 1.54. The summed E-state index contributed by atoms with van der Waals surface area (Å²) in [5, 5.41) is 6.63. The van der Waals surface area contributed by atoms with E-state index in [0.717, 1.165) is 11.3 Å². The third kappa shape index (κ3) is 4.23. The van der Waals surface area contributed by atoms with Gasteiger partial charge in [-0.05, 0) is 19.1 Å². The maximum Gasteiger partial charge on any atom is 0.237 e. The second-order valence-electron chi connectivity index (χ2n) is 5.19. The van der Waals surface area contributed by atoms with Gasteiger partial charge in [-0.3, -0.25) is 4.79 Å². The summed E-state index contributed by atoms with van der Waals surface area (Å²) >= 11 is 1.46. The number of thioether (sulfide) groups is 1. The Morgan fingerprint density at radius 2 is 1.79 bits per heavy atom. The predicted molar refractivity (Wildman–Crippen MR) is 95.6 cm³/mol. The van der Waals surface area contributed by atoms with Crippen molar-refractivity contribution in [1.82, 2.24) is 10.1 Å². The van der Waals surface area contributed by atoms with Crippen molar-refractivity contribution in [3.05, 3.63) is 66.6 Å². The molecule has 0 aliphatic heterocycles. The number of para-hydroxylation sites is 1. The molecule has 0 spiro atoms. The zero-order valence-corrected chi connectivity index (χ0v) is 14.0. The number of nitrogens with zero attached hydrogens (tertiary/aromatic N) is 2. The van der Waals surface area contributed by atoms with E-state index in [1.807, 2.05) is 67.6 Å². The van der Waals surface area contributed by atoms with Gasteiger partial charge in [0.25, 0.3) is 0 Å².